The summed E-state index contributed by atoms with van der Waals surface area (Å²) in [5.74, 6) is -0.101. The summed E-state index contributed by atoms with van der Waals surface area (Å²) in [6.07, 6.45) is 1.95. The summed E-state index contributed by atoms with van der Waals surface area (Å²) in [6, 6.07) is 7.93. The summed E-state index contributed by atoms with van der Waals surface area (Å²) in [6.45, 7) is 3.87. The molecule has 57 valence electrons. The molecule has 1 heteroatoms. The minimum atomic E-state index is -0.101. The zero-order valence-corrected chi connectivity index (χ0v) is 6.79. The van der Waals surface area contributed by atoms with Crippen LogP contribution in [0.25, 0.3) is 0 Å². The number of rotatable bonds is 2. The van der Waals surface area contributed by atoms with Gasteiger partial charge in [0.25, 0.3) is 0 Å². The molecule has 0 saturated carbocycles. The van der Waals surface area contributed by atoms with Crippen LogP contribution in [0.1, 0.15) is 24.0 Å². The van der Waals surface area contributed by atoms with Crippen molar-refractivity contribution in [3.8, 4) is 0 Å². The van der Waals surface area contributed by atoms with Crippen LogP contribution in [0.15, 0.2) is 24.3 Å². The Morgan fingerprint density at radius 1 is 1.27 bits per heavy atom. The molecule has 1 nitrogen and oxygen atoms in total. The van der Waals surface area contributed by atoms with E-state index in [4.69, 9.17) is 0 Å². The van der Waals surface area contributed by atoms with Gasteiger partial charge in [-0.25, -0.2) is 0 Å². The van der Waals surface area contributed by atoms with Gasteiger partial charge >= 0.3 is 0 Å². The highest BCUT2D eigenvalue weighted by atomic mass is 16.1. The lowest BCUT2D eigenvalue weighted by Crippen LogP contribution is -1.93. The average Bonchev–Trinajstić information content (AvgIpc) is 2.05. The summed E-state index contributed by atoms with van der Waals surface area (Å²) in [5, 5.41) is 0. The van der Waals surface area contributed by atoms with Gasteiger partial charge in [0, 0.05) is 5.92 Å². The summed E-state index contributed by atoms with van der Waals surface area (Å²) in [4.78, 5) is 10.3. The second kappa shape index (κ2) is 3.33. The molecule has 1 rings (SSSR count). The lowest BCUT2D eigenvalue weighted by molar-refractivity contribution is 0.546. The minimum Gasteiger partial charge on any atom is -0.290 e. The molecule has 1 atom stereocenters. The number of aryl methyl sites for hydroxylation is 1. The Balaban J connectivity index is 2.89. The molecule has 0 amide bonds. The first-order chi connectivity index (χ1) is 5.24. The number of carbonyl (C=O) groups excluding carboxylic acids is 1. The topological polar surface area (TPSA) is 17.1 Å². The van der Waals surface area contributed by atoms with Crippen LogP contribution in [-0.4, -0.2) is 6.29 Å². The molecule has 11 heavy (non-hydrogen) atoms. The first kappa shape index (κ1) is 7.99. The molecule has 0 heterocycles. The van der Waals surface area contributed by atoms with E-state index in [2.05, 4.69) is 0 Å². The van der Waals surface area contributed by atoms with Crippen molar-refractivity contribution in [3.05, 3.63) is 35.4 Å². The average molecular weight is 147 g/mol. The van der Waals surface area contributed by atoms with E-state index in [1.165, 1.54) is 5.56 Å². The summed E-state index contributed by atoms with van der Waals surface area (Å²) >= 11 is 0. The third kappa shape index (κ3) is 1.90. The van der Waals surface area contributed by atoms with E-state index in [0.717, 1.165) is 5.56 Å². The van der Waals surface area contributed by atoms with E-state index >= 15 is 0 Å². The molecule has 0 aliphatic rings. The second-order valence-electron chi connectivity index (χ2n) is 2.75. The van der Waals surface area contributed by atoms with Crippen LogP contribution in [0.3, 0.4) is 0 Å². The third-order valence-corrected chi connectivity index (χ3v) is 1.75. The zero-order valence-electron chi connectivity index (χ0n) is 6.79. The van der Waals surface area contributed by atoms with E-state index < -0.39 is 0 Å². The highest BCUT2D eigenvalue weighted by Gasteiger charge is 2.02. The lowest BCUT2D eigenvalue weighted by Gasteiger charge is -2.01. The smallest absolute Gasteiger partial charge is 0.206 e. The monoisotopic (exact) mass is 147 g/mol. The molecule has 0 fully saturated rings. The van der Waals surface area contributed by atoms with Crippen LogP contribution in [0.4, 0.5) is 0 Å². The fraction of sp³-hybridized carbons (Fsp3) is 0.300. The fourth-order valence-electron chi connectivity index (χ4n) is 0.923. The van der Waals surface area contributed by atoms with Gasteiger partial charge < -0.3 is 0 Å². The zero-order chi connectivity index (χ0) is 8.27. The molecule has 1 aromatic rings. The van der Waals surface area contributed by atoms with Crippen LogP contribution < -0.4 is 0 Å². The molecule has 1 radical (unpaired) electrons. The van der Waals surface area contributed by atoms with Gasteiger partial charge in [-0.05, 0) is 12.5 Å². The second-order valence-corrected chi connectivity index (χ2v) is 2.75. The van der Waals surface area contributed by atoms with E-state index in [1.54, 1.807) is 0 Å². The van der Waals surface area contributed by atoms with Crippen molar-refractivity contribution < 1.29 is 4.79 Å². The van der Waals surface area contributed by atoms with Crippen molar-refractivity contribution in [2.75, 3.05) is 0 Å². The van der Waals surface area contributed by atoms with Gasteiger partial charge in [-0.3, -0.25) is 4.79 Å². The first-order valence-corrected chi connectivity index (χ1v) is 3.68. The van der Waals surface area contributed by atoms with Crippen LogP contribution in [0, 0.1) is 6.92 Å². The molecule has 0 unspecified atom stereocenters. The van der Waals surface area contributed by atoms with E-state index in [1.807, 2.05) is 44.4 Å². The van der Waals surface area contributed by atoms with Crippen molar-refractivity contribution in [2.24, 2.45) is 0 Å². The Morgan fingerprint density at radius 3 is 2.27 bits per heavy atom. The Labute approximate surface area is 67.1 Å². The van der Waals surface area contributed by atoms with Crippen LogP contribution in [-0.2, 0) is 4.79 Å². The van der Waals surface area contributed by atoms with Gasteiger partial charge in [0.2, 0.25) is 6.29 Å². The maximum absolute atomic E-state index is 10.3. The van der Waals surface area contributed by atoms with E-state index in [0.29, 0.717) is 0 Å². The van der Waals surface area contributed by atoms with Crippen molar-refractivity contribution in [1.29, 1.82) is 0 Å². The van der Waals surface area contributed by atoms with Gasteiger partial charge in [-0.1, -0.05) is 36.8 Å². The van der Waals surface area contributed by atoms with Crippen LogP contribution in [0.5, 0.6) is 0 Å². The van der Waals surface area contributed by atoms with Gasteiger partial charge in [-0.15, -0.1) is 0 Å². The Bertz CT molecular complexity index is 236. The molecule has 0 saturated heterocycles. The molecule has 0 N–H and O–H groups in total. The van der Waals surface area contributed by atoms with Crippen molar-refractivity contribution in [3.63, 3.8) is 0 Å². The molecule has 0 bridgehead atoms. The maximum atomic E-state index is 10.3. The Morgan fingerprint density at radius 2 is 1.82 bits per heavy atom. The van der Waals surface area contributed by atoms with Gasteiger partial charge in [0.1, 0.15) is 0 Å². The molecule has 0 aliphatic heterocycles. The van der Waals surface area contributed by atoms with Gasteiger partial charge in [-0.2, -0.15) is 0 Å². The highest BCUT2D eigenvalue weighted by Crippen LogP contribution is 2.12. The molecular formula is C10H11O. The summed E-state index contributed by atoms with van der Waals surface area (Å²) < 4.78 is 0. The molecule has 1 aromatic carbocycles. The molecule has 0 aliphatic carbocycles. The first-order valence-electron chi connectivity index (χ1n) is 3.68. The number of benzene rings is 1. The third-order valence-electron chi connectivity index (χ3n) is 1.75. The normalized spacial score (nSPS) is 12.5. The Hall–Kier alpha value is -1.11. The van der Waals surface area contributed by atoms with Gasteiger partial charge in [0.15, 0.2) is 0 Å². The largest absolute Gasteiger partial charge is 0.290 e. The van der Waals surface area contributed by atoms with Gasteiger partial charge in [0.05, 0.1) is 0 Å². The van der Waals surface area contributed by atoms with E-state index in [-0.39, 0.29) is 5.92 Å². The lowest BCUT2D eigenvalue weighted by atomic mass is 10.0. The predicted molar refractivity (Wildman–Crippen MR) is 45.3 cm³/mol. The highest BCUT2D eigenvalue weighted by molar-refractivity contribution is 5.62. The summed E-state index contributed by atoms with van der Waals surface area (Å²) in [7, 11) is 0. The van der Waals surface area contributed by atoms with Crippen molar-refractivity contribution in [1.82, 2.24) is 0 Å². The molecule has 0 spiro atoms. The van der Waals surface area contributed by atoms with Crippen molar-refractivity contribution >= 4 is 6.29 Å². The van der Waals surface area contributed by atoms with Crippen LogP contribution in [0.2, 0.25) is 0 Å². The SMILES string of the molecule is Cc1ccc([C@@H](C)[C]=O)cc1. The molecule has 0 aromatic heterocycles. The number of hydrogen-bond donors (Lipinski definition) is 0. The quantitative estimate of drug-likeness (QED) is 0.626. The van der Waals surface area contributed by atoms with Crippen molar-refractivity contribution in [2.45, 2.75) is 19.8 Å². The van der Waals surface area contributed by atoms with Crippen LogP contribution >= 0.6 is 0 Å². The maximum Gasteiger partial charge on any atom is 0.206 e. The Kier molecular flexibility index (Phi) is 2.42. The summed E-state index contributed by atoms with van der Waals surface area (Å²) in [5.41, 5.74) is 2.25. The number of hydrogen-bond acceptors (Lipinski definition) is 1. The molecular weight excluding hydrogens is 136 g/mol. The standard InChI is InChI=1S/C10H11O/c1-8-3-5-10(6-4-8)9(2)7-11/h3-6,9H,1-2H3/t9-/m0/s1. The predicted octanol–water partition coefficient (Wildman–Crippen LogP) is 2.21. The van der Waals surface area contributed by atoms with E-state index in [9.17, 15) is 4.79 Å². The minimum absolute atomic E-state index is 0.101. The fourth-order valence-corrected chi connectivity index (χ4v) is 0.923.